The maximum atomic E-state index is 10.1. The zero-order chi connectivity index (χ0) is 10.3. The van der Waals surface area contributed by atoms with E-state index in [9.17, 15) is 9.59 Å². The fourth-order valence-electron chi connectivity index (χ4n) is 0.729. The molecule has 4 N–H and O–H groups in total. The Morgan fingerprint density at radius 1 is 1.23 bits per heavy atom. The van der Waals surface area contributed by atoms with Gasteiger partial charge in [0.05, 0.1) is 13.1 Å². The van der Waals surface area contributed by atoms with Crippen LogP contribution >= 0.6 is 0 Å². The summed E-state index contributed by atoms with van der Waals surface area (Å²) in [5.41, 5.74) is 0. The van der Waals surface area contributed by atoms with Gasteiger partial charge in [0.1, 0.15) is 0 Å². The molecular weight excluding hydrogens is 176 g/mol. The molecular formula is C7H14N2O4. The zero-order valence-electron chi connectivity index (χ0n) is 7.41. The van der Waals surface area contributed by atoms with Crippen molar-refractivity contribution in [2.45, 2.75) is 13.0 Å². The molecule has 0 fully saturated rings. The molecule has 0 spiro atoms. The van der Waals surface area contributed by atoms with Gasteiger partial charge in [-0.1, -0.05) is 0 Å². The van der Waals surface area contributed by atoms with Crippen LogP contribution in [0.2, 0.25) is 0 Å². The van der Waals surface area contributed by atoms with Gasteiger partial charge in [0.2, 0.25) is 0 Å². The molecule has 6 heteroatoms. The number of carbonyl (C=O) groups is 2. The van der Waals surface area contributed by atoms with Crippen molar-refractivity contribution in [2.75, 3.05) is 19.6 Å². The monoisotopic (exact) mass is 190 g/mol. The Balaban J connectivity index is 3.35. The second kappa shape index (κ2) is 6.38. The lowest BCUT2D eigenvalue weighted by Gasteiger charge is -2.11. The normalized spacial score (nSPS) is 12.4. The highest BCUT2D eigenvalue weighted by atomic mass is 16.4. The first-order valence-corrected chi connectivity index (χ1v) is 3.90. The van der Waals surface area contributed by atoms with Crippen molar-refractivity contribution in [3.05, 3.63) is 0 Å². The van der Waals surface area contributed by atoms with Crippen molar-refractivity contribution in [3.8, 4) is 0 Å². The highest BCUT2D eigenvalue weighted by Gasteiger charge is 2.03. The molecule has 0 aliphatic heterocycles. The standard InChI is InChI=1S/C7H14N2O4/c1-5(9-4-7(12)13)2-8-3-6(10)11/h5,8-9H,2-4H2,1H3,(H,10,11)(H,12,13)/t5-/m1/s1. The van der Waals surface area contributed by atoms with E-state index >= 15 is 0 Å². The largest absolute Gasteiger partial charge is 0.480 e. The summed E-state index contributed by atoms with van der Waals surface area (Å²) >= 11 is 0. The molecule has 6 nitrogen and oxygen atoms in total. The first-order valence-electron chi connectivity index (χ1n) is 3.90. The molecule has 0 bridgehead atoms. The summed E-state index contributed by atoms with van der Waals surface area (Å²) in [5, 5.41) is 21.9. The first kappa shape index (κ1) is 11.9. The fraction of sp³-hybridized carbons (Fsp3) is 0.714. The minimum atomic E-state index is -0.926. The molecule has 0 aromatic rings. The number of hydrogen-bond acceptors (Lipinski definition) is 4. The van der Waals surface area contributed by atoms with Crippen molar-refractivity contribution < 1.29 is 19.8 Å². The topological polar surface area (TPSA) is 98.7 Å². The van der Waals surface area contributed by atoms with Crippen LogP contribution in [0.15, 0.2) is 0 Å². The minimum Gasteiger partial charge on any atom is -0.480 e. The molecule has 13 heavy (non-hydrogen) atoms. The van der Waals surface area contributed by atoms with Gasteiger partial charge in [0.25, 0.3) is 0 Å². The minimum absolute atomic E-state index is 0.0598. The van der Waals surface area contributed by atoms with Crippen molar-refractivity contribution >= 4 is 11.9 Å². The summed E-state index contributed by atoms with van der Waals surface area (Å²) in [6.45, 7) is 1.98. The third-order valence-corrected chi connectivity index (χ3v) is 1.33. The maximum Gasteiger partial charge on any atom is 0.317 e. The van der Waals surface area contributed by atoms with E-state index in [0.717, 1.165) is 0 Å². The van der Waals surface area contributed by atoms with Crippen LogP contribution in [0.25, 0.3) is 0 Å². The Bertz CT molecular complexity index is 183. The number of aliphatic carboxylic acids is 2. The molecule has 0 saturated carbocycles. The third-order valence-electron chi connectivity index (χ3n) is 1.33. The summed E-state index contributed by atoms with van der Waals surface area (Å²) < 4.78 is 0. The number of carboxylic acids is 2. The van der Waals surface area contributed by atoms with Crippen LogP contribution in [-0.4, -0.2) is 47.8 Å². The molecule has 0 aliphatic rings. The van der Waals surface area contributed by atoms with Gasteiger partial charge in [-0.15, -0.1) is 0 Å². The van der Waals surface area contributed by atoms with Crippen LogP contribution < -0.4 is 10.6 Å². The highest BCUT2D eigenvalue weighted by Crippen LogP contribution is 1.77. The van der Waals surface area contributed by atoms with E-state index in [1.807, 2.05) is 0 Å². The van der Waals surface area contributed by atoms with Crippen LogP contribution in [0, 0.1) is 0 Å². The smallest absolute Gasteiger partial charge is 0.317 e. The lowest BCUT2D eigenvalue weighted by Crippen LogP contribution is -2.40. The molecule has 0 radical (unpaired) electrons. The first-order chi connectivity index (χ1) is 6.02. The third kappa shape index (κ3) is 8.77. The fourth-order valence-corrected chi connectivity index (χ4v) is 0.729. The van der Waals surface area contributed by atoms with Gasteiger partial charge >= 0.3 is 11.9 Å². The van der Waals surface area contributed by atoms with E-state index < -0.39 is 11.9 Å². The van der Waals surface area contributed by atoms with Crippen LogP contribution in [-0.2, 0) is 9.59 Å². The van der Waals surface area contributed by atoms with Gasteiger partial charge in [-0.2, -0.15) is 0 Å². The summed E-state index contributed by atoms with van der Waals surface area (Å²) in [5.74, 6) is -1.85. The highest BCUT2D eigenvalue weighted by molar-refractivity contribution is 5.69. The lowest BCUT2D eigenvalue weighted by molar-refractivity contribution is -0.137. The second-order valence-electron chi connectivity index (χ2n) is 2.70. The van der Waals surface area contributed by atoms with E-state index in [2.05, 4.69) is 10.6 Å². The Labute approximate surface area is 75.9 Å². The van der Waals surface area contributed by atoms with E-state index in [1.54, 1.807) is 6.92 Å². The summed E-state index contributed by atoms with van der Waals surface area (Å²) in [7, 11) is 0. The maximum absolute atomic E-state index is 10.1. The van der Waals surface area contributed by atoms with E-state index in [0.29, 0.717) is 6.54 Å². The number of rotatable bonds is 7. The van der Waals surface area contributed by atoms with Crippen molar-refractivity contribution in [2.24, 2.45) is 0 Å². The lowest BCUT2D eigenvalue weighted by atomic mass is 10.3. The van der Waals surface area contributed by atoms with Crippen LogP contribution in [0.5, 0.6) is 0 Å². The molecule has 1 atom stereocenters. The Morgan fingerprint density at radius 3 is 2.23 bits per heavy atom. The quantitative estimate of drug-likeness (QED) is 0.399. The molecule has 0 aromatic carbocycles. The van der Waals surface area contributed by atoms with Crippen LogP contribution in [0.1, 0.15) is 6.92 Å². The molecule has 0 amide bonds. The molecule has 0 aliphatic carbocycles. The number of nitrogens with one attached hydrogen (secondary N) is 2. The van der Waals surface area contributed by atoms with Gasteiger partial charge < -0.3 is 20.8 Å². The van der Waals surface area contributed by atoms with E-state index in [-0.39, 0.29) is 19.1 Å². The molecule has 0 saturated heterocycles. The Morgan fingerprint density at radius 2 is 1.77 bits per heavy atom. The van der Waals surface area contributed by atoms with Crippen molar-refractivity contribution in [1.29, 1.82) is 0 Å². The van der Waals surface area contributed by atoms with Gasteiger partial charge in [-0.3, -0.25) is 9.59 Å². The zero-order valence-corrected chi connectivity index (χ0v) is 7.41. The van der Waals surface area contributed by atoms with Crippen LogP contribution in [0.3, 0.4) is 0 Å². The average Bonchev–Trinajstić information content (AvgIpc) is 2.00. The van der Waals surface area contributed by atoms with Gasteiger partial charge in [-0.05, 0) is 6.92 Å². The number of hydrogen-bond donors (Lipinski definition) is 4. The van der Waals surface area contributed by atoms with E-state index in [1.165, 1.54) is 0 Å². The Kier molecular flexibility index (Phi) is 5.82. The predicted molar refractivity (Wildman–Crippen MR) is 45.6 cm³/mol. The second-order valence-corrected chi connectivity index (χ2v) is 2.70. The average molecular weight is 190 g/mol. The number of carboxylic acid groups (broad SMARTS) is 2. The van der Waals surface area contributed by atoms with Crippen molar-refractivity contribution in [1.82, 2.24) is 10.6 Å². The molecule has 0 rings (SSSR count). The summed E-state index contributed by atoms with van der Waals surface area (Å²) in [6.07, 6.45) is 0. The SMILES string of the molecule is C[C@H](CNCC(=O)O)NCC(=O)O. The molecule has 76 valence electrons. The summed E-state index contributed by atoms with van der Waals surface area (Å²) in [4.78, 5) is 20.2. The van der Waals surface area contributed by atoms with Gasteiger partial charge in [0, 0.05) is 12.6 Å². The van der Waals surface area contributed by atoms with Gasteiger partial charge in [0.15, 0.2) is 0 Å². The van der Waals surface area contributed by atoms with Crippen LogP contribution in [0.4, 0.5) is 0 Å². The predicted octanol–water partition coefficient (Wildman–Crippen LogP) is -1.28. The van der Waals surface area contributed by atoms with Crippen molar-refractivity contribution in [3.63, 3.8) is 0 Å². The summed E-state index contributed by atoms with van der Waals surface area (Å²) in [6, 6.07) is -0.0598. The molecule has 0 heterocycles. The van der Waals surface area contributed by atoms with E-state index in [4.69, 9.17) is 10.2 Å². The van der Waals surface area contributed by atoms with Gasteiger partial charge in [-0.25, -0.2) is 0 Å². The Hall–Kier alpha value is -1.14. The molecule has 0 aromatic heterocycles. The molecule has 0 unspecified atom stereocenters.